The molecule has 0 aliphatic rings. The molecule has 0 spiro atoms. The van der Waals surface area contributed by atoms with Crippen molar-refractivity contribution in [2.45, 2.75) is 0 Å². The quantitative estimate of drug-likeness (QED) is 0.453. The fourth-order valence-electron chi connectivity index (χ4n) is 1.73. The fraction of sp³-hybridized carbons (Fsp3) is 0. The number of aromatic nitrogens is 6. The average Bonchev–Trinajstić information content (AvgIpc) is 2.92. The van der Waals surface area contributed by atoms with E-state index in [2.05, 4.69) is 25.5 Å². The van der Waals surface area contributed by atoms with Gasteiger partial charge >= 0.3 is 0 Å². The molecule has 0 unspecified atom stereocenters. The lowest BCUT2D eigenvalue weighted by atomic mass is 10.3. The molecule has 4 rings (SSSR count). The van der Waals surface area contributed by atoms with Gasteiger partial charge in [-0.05, 0) is 22.6 Å². The van der Waals surface area contributed by atoms with Gasteiger partial charge in [0.2, 0.25) is 0 Å². The second-order valence-electron chi connectivity index (χ2n) is 3.33. The van der Waals surface area contributed by atoms with Crippen molar-refractivity contribution in [3.8, 4) is 0 Å². The molecular weight excluding hydrogens is 224 g/mol. The van der Waals surface area contributed by atoms with Crippen molar-refractivity contribution < 1.29 is 0 Å². The van der Waals surface area contributed by atoms with Crippen LogP contribution in [0.15, 0.2) is 24.7 Å². The van der Waals surface area contributed by atoms with E-state index in [1.54, 1.807) is 28.4 Å². The Morgan fingerprint density at radius 2 is 2.25 bits per heavy atom. The van der Waals surface area contributed by atoms with Crippen LogP contribution in [0.4, 0.5) is 0 Å². The third-order valence-corrected chi connectivity index (χ3v) is 3.53. The van der Waals surface area contributed by atoms with E-state index >= 15 is 0 Å². The molecule has 76 valence electrons. The Balaban J connectivity index is 2.38. The predicted octanol–water partition coefficient (Wildman–Crippen LogP) is 1.28. The summed E-state index contributed by atoms with van der Waals surface area (Å²) in [6.07, 6.45) is 3.40. The monoisotopic (exact) mass is 228 g/mol. The SMILES string of the molecule is c1cnc2sc3c(ncn4nnnc34)c2c1. The van der Waals surface area contributed by atoms with Crippen molar-refractivity contribution in [3.05, 3.63) is 24.7 Å². The standard InChI is InChI=1S/C9H4N6S/c1-2-5-6-7(16-9(5)10-3-1)8-12-13-14-15(8)4-11-6/h1-4H. The van der Waals surface area contributed by atoms with Crippen LogP contribution in [0, 0.1) is 0 Å². The number of nitrogens with zero attached hydrogens (tertiary/aromatic N) is 6. The molecule has 0 aliphatic heterocycles. The summed E-state index contributed by atoms with van der Waals surface area (Å²) in [5.41, 5.74) is 1.64. The van der Waals surface area contributed by atoms with E-state index in [4.69, 9.17) is 0 Å². The smallest absolute Gasteiger partial charge is 0.200 e. The number of thiophene rings is 1. The highest BCUT2D eigenvalue weighted by Crippen LogP contribution is 2.32. The number of hydrogen-bond acceptors (Lipinski definition) is 6. The van der Waals surface area contributed by atoms with Crippen LogP contribution < -0.4 is 0 Å². The topological polar surface area (TPSA) is 68.9 Å². The summed E-state index contributed by atoms with van der Waals surface area (Å²) < 4.78 is 2.54. The second-order valence-corrected chi connectivity index (χ2v) is 4.33. The molecule has 0 amide bonds. The zero-order valence-electron chi connectivity index (χ0n) is 7.90. The van der Waals surface area contributed by atoms with Crippen LogP contribution in [-0.2, 0) is 0 Å². The number of tetrazole rings is 1. The van der Waals surface area contributed by atoms with Crippen molar-refractivity contribution >= 4 is 37.4 Å². The van der Waals surface area contributed by atoms with Crippen molar-refractivity contribution in [1.29, 1.82) is 0 Å². The highest BCUT2D eigenvalue weighted by molar-refractivity contribution is 7.26. The van der Waals surface area contributed by atoms with Gasteiger partial charge < -0.3 is 0 Å². The average molecular weight is 228 g/mol. The van der Waals surface area contributed by atoms with Gasteiger partial charge in [0.05, 0.1) is 5.52 Å². The van der Waals surface area contributed by atoms with E-state index in [9.17, 15) is 0 Å². The van der Waals surface area contributed by atoms with Gasteiger partial charge in [-0.25, -0.2) is 9.97 Å². The van der Waals surface area contributed by atoms with Crippen LogP contribution in [0.3, 0.4) is 0 Å². The number of hydrogen-bond donors (Lipinski definition) is 0. The normalized spacial score (nSPS) is 11.8. The van der Waals surface area contributed by atoms with Gasteiger partial charge in [-0.15, -0.1) is 16.4 Å². The Hall–Kier alpha value is -2.15. The molecular formula is C9H4N6S. The van der Waals surface area contributed by atoms with Gasteiger partial charge in [-0.3, -0.25) is 0 Å². The highest BCUT2D eigenvalue weighted by Gasteiger charge is 2.11. The first-order valence-corrected chi connectivity index (χ1v) is 5.45. The number of pyridine rings is 1. The van der Waals surface area contributed by atoms with E-state index in [1.807, 2.05) is 12.1 Å². The maximum absolute atomic E-state index is 4.36. The summed E-state index contributed by atoms with van der Waals surface area (Å²) in [5, 5.41) is 12.5. The van der Waals surface area contributed by atoms with Crippen molar-refractivity contribution in [2.24, 2.45) is 0 Å². The molecule has 0 atom stereocenters. The lowest BCUT2D eigenvalue weighted by Crippen LogP contribution is -1.88. The third-order valence-electron chi connectivity index (χ3n) is 2.43. The first-order valence-electron chi connectivity index (χ1n) is 4.63. The molecule has 0 aromatic carbocycles. The van der Waals surface area contributed by atoms with Gasteiger partial charge in [-0.2, -0.15) is 4.52 Å². The Morgan fingerprint density at radius 1 is 1.25 bits per heavy atom. The molecule has 0 fully saturated rings. The molecule has 4 heterocycles. The van der Waals surface area contributed by atoms with Crippen molar-refractivity contribution in [2.75, 3.05) is 0 Å². The van der Waals surface area contributed by atoms with E-state index in [0.717, 1.165) is 26.1 Å². The van der Waals surface area contributed by atoms with Gasteiger partial charge in [-0.1, -0.05) is 0 Å². The van der Waals surface area contributed by atoms with Gasteiger partial charge in [0.25, 0.3) is 0 Å². The van der Waals surface area contributed by atoms with Gasteiger partial charge in [0.1, 0.15) is 15.9 Å². The number of rotatable bonds is 0. The maximum Gasteiger partial charge on any atom is 0.200 e. The molecule has 7 heteroatoms. The third kappa shape index (κ3) is 0.878. The minimum Gasteiger partial charge on any atom is -0.245 e. The summed E-state index contributed by atoms with van der Waals surface area (Å²) in [6.45, 7) is 0. The minimum absolute atomic E-state index is 0.730. The van der Waals surface area contributed by atoms with Crippen LogP contribution >= 0.6 is 11.3 Å². The summed E-state index contributed by atoms with van der Waals surface area (Å²) in [7, 11) is 0. The molecule has 6 nitrogen and oxygen atoms in total. The van der Waals surface area contributed by atoms with Crippen LogP contribution in [0.1, 0.15) is 0 Å². The van der Waals surface area contributed by atoms with Crippen LogP contribution in [-0.4, -0.2) is 30.0 Å². The molecule has 4 aromatic rings. The minimum atomic E-state index is 0.730. The lowest BCUT2D eigenvalue weighted by Gasteiger charge is -1.90. The lowest BCUT2D eigenvalue weighted by molar-refractivity contribution is 0.813. The van der Waals surface area contributed by atoms with E-state index in [-0.39, 0.29) is 0 Å². The van der Waals surface area contributed by atoms with Crippen molar-refractivity contribution in [1.82, 2.24) is 30.0 Å². The van der Waals surface area contributed by atoms with E-state index < -0.39 is 0 Å². The van der Waals surface area contributed by atoms with Crippen LogP contribution in [0.5, 0.6) is 0 Å². The molecule has 0 bridgehead atoms. The molecule has 0 saturated carbocycles. The van der Waals surface area contributed by atoms with Crippen molar-refractivity contribution in [3.63, 3.8) is 0 Å². The second kappa shape index (κ2) is 2.70. The van der Waals surface area contributed by atoms with Crippen LogP contribution in [0.25, 0.3) is 26.1 Å². The molecule has 0 radical (unpaired) electrons. The molecule has 16 heavy (non-hydrogen) atoms. The molecule has 0 saturated heterocycles. The predicted molar refractivity (Wildman–Crippen MR) is 59.3 cm³/mol. The Morgan fingerprint density at radius 3 is 3.25 bits per heavy atom. The summed E-state index contributed by atoms with van der Waals surface area (Å²) in [6, 6.07) is 3.91. The molecule has 0 aliphatic carbocycles. The van der Waals surface area contributed by atoms with E-state index in [0.29, 0.717) is 0 Å². The zero-order chi connectivity index (χ0) is 10.5. The summed E-state index contributed by atoms with van der Waals surface area (Å²) >= 11 is 1.56. The Kier molecular flexibility index (Phi) is 1.36. The van der Waals surface area contributed by atoms with E-state index in [1.165, 1.54) is 0 Å². The molecule has 4 aromatic heterocycles. The molecule has 0 N–H and O–H groups in total. The number of fused-ring (bicyclic) bond motifs is 5. The van der Waals surface area contributed by atoms with Gasteiger partial charge in [0, 0.05) is 11.6 Å². The van der Waals surface area contributed by atoms with Gasteiger partial charge in [0.15, 0.2) is 5.65 Å². The summed E-state index contributed by atoms with van der Waals surface area (Å²) in [5.74, 6) is 0. The Labute approximate surface area is 92.6 Å². The zero-order valence-corrected chi connectivity index (χ0v) is 8.72. The first-order chi connectivity index (χ1) is 7.93. The first kappa shape index (κ1) is 8.05. The summed E-state index contributed by atoms with van der Waals surface area (Å²) in [4.78, 5) is 9.63. The Bertz CT molecular complexity index is 816. The highest BCUT2D eigenvalue weighted by atomic mass is 32.1. The maximum atomic E-state index is 4.36. The fourth-order valence-corrected chi connectivity index (χ4v) is 2.80. The largest absolute Gasteiger partial charge is 0.245 e. The van der Waals surface area contributed by atoms with Crippen LogP contribution in [0.2, 0.25) is 0 Å².